The average Bonchev–Trinajstić information content (AvgIpc) is 3.41. The highest BCUT2D eigenvalue weighted by Crippen LogP contribution is 2.35. The maximum absolute atomic E-state index is 12.6. The monoisotopic (exact) mass is 476 g/mol. The third kappa shape index (κ3) is 4.11. The minimum absolute atomic E-state index is 0.0397. The molecule has 2 aromatic heterocycles. The summed E-state index contributed by atoms with van der Waals surface area (Å²) in [6.45, 7) is 0. The molecular weight excluding hydrogens is 456 g/mol. The van der Waals surface area contributed by atoms with Gasteiger partial charge in [0, 0.05) is 22.7 Å². The van der Waals surface area contributed by atoms with E-state index in [2.05, 4.69) is 20.3 Å². The van der Waals surface area contributed by atoms with Gasteiger partial charge in [0.05, 0.1) is 35.5 Å². The van der Waals surface area contributed by atoms with Gasteiger partial charge in [0.1, 0.15) is 11.6 Å². The molecule has 2 aromatic carbocycles. The number of carbonyl (C=O) groups excluding carboxylic acids is 1. The second-order valence-corrected chi connectivity index (χ2v) is 9.78. The van der Waals surface area contributed by atoms with Crippen molar-refractivity contribution in [2.24, 2.45) is 0 Å². The number of phenolic OH excluding ortho intramolecular Hbond substituents is 1. The van der Waals surface area contributed by atoms with Gasteiger partial charge in [-0.15, -0.1) is 0 Å². The number of methoxy groups -OCH3 is 1. The number of benzene rings is 2. The first-order valence-corrected chi connectivity index (χ1v) is 12.1. The van der Waals surface area contributed by atoms with Crippen LogP contribution in [0.2, 0.25) is 0 Å². The van der Waals surface area contributed by atoms with Crippen LogP contribution in [0.4, 0.5) is 0 Å². The quantitative estimate of drug-likeness (QED) is 0.403. The summed E-state index contributed by atoms with van der Waals surface area (Å²) in [6.07, 6.45) is 3.10. The van der Waals surface area contributed by atoms with Crippen molar-refractivity contribution < 1.29 is 23.1 Å². The number of aromatic amines is 1. The summed E-state index contributed by atoms with van der Waals surface area (Å²) in [5.74, 6) is 0.388. The number of H-pyrrole nitrogens is 1. The van der Waals surface area contributed by atoms with E-state index in [1.165, 1.54) is 6.08 Å². The van der Waals surface area contributed by atoms with Crippen molar-refractivity contribution in [2.75, 3.05) is 12.9 Å². The highest BCUT2D eigenvalue weighted by atomic mass is 32.2. The topological polar surface area (TPSA) is 134 Å². The zero-order valence-corrected chi connectivity index (χ0v) is 18.8. The van der Waals surface area contributed by atoms with Crippen molar-refractivity contribution in [1.82, 2.24) is 20.3 Å². The first kappa shape index (κ1) is 21.7. The molecule has 9 nitrogen and oxygen atoms in total. The second-order valence-electron chi connectivity index (χ2n) is 7.85. The molecule has 0 saturated carbocycles. The zero-order valence-electron chi connectivity index (χ0n) is 18.0. The summed E-state index contributed by atoms with van der Waals surface area (Å²) in [4.78, 5) is 24.6. The molecule has 3 N–H and O–H groups in total. The molecule has 4 aromatic rings. The lowest BCUT2D eigenvalue weighted by Gasteiger charge is -2.09. The average molecular weight is 477 g/mol. The van der Waals surface area contributed by atoms with Crippen LogP contribution in [0.1, 0.15) is 10.4 Å². The number of nitrogens with zero attached hydrogens (tertiary/aromatic N) is 2. The number of aromatic nitrogens is 3. The minimum Gasteiger partial charge on any atom is -0.507 e. The van der Waals surface area contributed by atoms with E-state index in [9.17, 15) is 18.3 Å². The van der Waals surface area contributed by atoms with Gasteiger partial charge in [-0.05, 0) is 54.1 Å². The number of phenols is 1. The molecule has 5 rings (SSSR count). The summed E-state index contributed by atoms with van der Waals surface area (Å²) < 4.78 is 28.5. The van der Waals surface area contributed by atoms with E-state index in [-0.39, 0.29) is 11.5 Å². The molecule has 0 fully saturated rings. The van der Waals surface area contributed by atoms with Crippen molar-refractivity contribution in [1.29, 1.82) is 0 Å². The van der Waals surface area contributed by atoms with Crippen molar-refractivity contribution in [3.63, 3.8) is 0 Å². The van der Waals surface area contributed by atoms with E-state index >= 15 is 0 Å². The molecule has 3 heterocycles. The fourth-order valence-corrected chi connectivity index (χ4v) is 5.09. The van der Waals surface area contributed by atoms with E-state index in [1.807, 2.05) is 6.07 Å². The number of rotatable bonds is 5. The molecule has 0 spiro atoms. The van der Waals surface area contributed by atoms with E-state index in [4.69, 9.17) is 4.74 Å². The smallest absolute Gasteiger partial charge is 0.251 e. The van der Waals surface area contributed by atoms with Crippen LogP contribution < -0.4 is 10.1 Å². The van der Waals surface area contributed by atoms with Crippen LogP contribution in [0, 0.1) is 0 Å². The molecule has 0 radical (unpaired) electrons. The van der Waals surface area contributed by atoms with Gasteiger partial charge < -0.3 is 20.1 Å². The highest BCUT2D eigenvalue weighted by molar-refractivity contribution is 7.94. The van der Waals surface area contributed by atoms with Crippen LogP contribution in [0.25, 0.3) is 33.5 Å². The summed E-state index contributed by atoms with van der Waals surface area (Å²) in [7, 11) is -1.72. The summed E-state index contributed by atoms with van der Waals surface area (Å²) in [6, 6.07) is 13.2. The molecule has 1 amide bonds. The van der Waals surface area contributed by atoms with Gasteiger partial charge in [-0.3, -0.25) is 4.79 Å². The number of ether oxygens (including phenoxy) is 1. The van der Waals surface area contributed by atoms with E-state index in [0.29, 0.717) is 33.9 Å². The Morgan fingerprint density at radius 2 is 2.03 bits per heavy atom. The Kier molecular flexibility index (Phi) is 5.29. The molecule has 34 heavy (non-hydrogen) atoms. The number of hydrogen-bond donors (Lipinski definition) is 3. The molecule has 10 heteroatoms. The number of imidazole rings is 1. The SMILES string of the molecule is COc1ncccc1-c1ccc(O)c(-c2nc3cc(C(=O)NC4C=CS(=O)(=O)C4)ccc3[nH]2)c1. The molecule has 172 valence electrons. The Labute approximate surface area is 195 Å². The van der Waals surface area contributed by atoms with Gasteiger partial charge in [0.15, 0.2) is 9.84 Å². The molecule has 1 aliphatic heterocycles. The van der Waals surface area contributed by atoms with Gasteiger partial charge in [0.25, 0.3) is 5.91 Å². The van der Waals surface area contributed by atoms with Crippen LogP contribution in [0.5, 0.6) is 11.6 Å². The number of aromatic hydroxyl groups is 1. The number of fused-ring (bicyclic) bond motifs is 1. The van der Waals surface area contributed by atoms with Gasteiger partial charge in [0.2, 0.25) is 5.88 Å². The Morgan fingerprint density at radius 3 is 2.79 bits per heavy atom. The van der Waals surface area contributed by atoms with E-state index < -0.39 is 21.8 Å². The minimum atomic E-state index is -3.27. The molecule has 1 atom stereocenters. The maximum atomic E-state index is 12.6. The van der Waals surface area contributed by atoms with Gasteiger partial charge >= 0.3 is 0 Å². The molecule has 0 aliphatic carbocycles. The Bertz CT molecular complexity index is 1560. The second kappa shape index (κ2) is 8.31. The summed E-state index contributed by atoms with van der Waals surface area (Å²) in [5.41, 5.74) is 3.59. The van der Waals surface area contributed by atoms with Gasteiger partial charge in [-0.2, -0.15) is 0 Å². The third-order valence-electron chi connectivity index (χ3n) is 5.52. The lowest BCUT2D eigenvalue weighted by Crippen LogP contribution is -2.35. The fraction of sp³-hybridized carbons (Fsp3) is 0.125. The van der Waals surface area contributed by atoms with Crippen molar-refractivity contribution in [2.45, 2.75) is 6.04 Å². The molecule has 1 aliphatic rings. The Balaban J connectivity index is 1.46. The number of amides is 1. The number of hydrogen-bond acceptors (Lipinski definition) is 7. The standard InChI is InChI=1S/C24H20N4O5S/c1-33-24-17(3-2-9-25-24)14-5-7-21(29)18(11-14)22-27-19-6-4-15(12-20(19)28-22)23(30)26-16-8-10-34(31,32)13-16/h2-12,16,29H,13H2,1H3,(H,26,30)(H,27,28). The predicted octanol–water partition coefficient (Wildman–Crippen LogP) is 3.05. The maximum Gasteiger partial charge on any atom is 0.251 e. The van der Waals surface area contributed by atoms with Crippen LogP contribution in [-0.2, 0) is 9.84 Å². The molecule has 1 unspecified atom stereocenters. The molecule has 0 saturated heterocycles. The first-order chi connectivity index (χ1) is 16.3. The number of sulfone groups is 1. The number of carbonyl (C=O) groups is 1. The Hall–Kier alpha value is -4.18. The van der Waals surface area contributed by atoms with Crippen molar-refractivity contribution in [3.8, 4) is 34.1 Å². The predicted molar refractivity (Wildman–Crippen MR) is 127 cm³/mol. The van der Waals surface area contributed by atoms with Crippen molar-refractivity contribution in [3.05, 3.63) is 71.8 Å². The normalized spacial score (nSPS) is 16.6. The third-order valence-corrected chi connectivity index (χ3v) is 6.91. The number of nitrogens with one attached hydrogen (secondary N) is 2. The highest BCUT2D eigenvalue weighted by Gasteiger charge is 2.23. The largest absolute Gasteiger partial charge is 0.507 e. The molecule has 0 bridgehead atoms. The molecular formula is C24H20N4O5S. The lowest BCUT2D eigenvalue weighted by molar-refractivity contribution is 0.0948. The Morgan fingerprint density at radius 1 is 1.18 bits per heavy atom. The number of pyridine rings is 1. The van der Waals surface area contributed by atoms with Crippen LogP contribution in [0.3, 0.4) is 0 Å². The fourth-order valence-electron chi connectivity index (χ4n) is 3.86. The van der Waals surface area contributed by atoms with Crippen LogP contribution in [-0.4, -0.2) is 53.3 Å². The van der Waals surface area contributed by atoms with E-state index in [0.717, 1.165) is 16.5 Å². The van der Waals surface area contributed by atoms with E-state index in [1.54, 1.807) is 55.8 Å². The van der Waals surface area contributed by atoms with Gasteiger partial charge in [-0.1, -0.05) is 6.07 Å². The first-order valence-electron chi connectivity index (χ1n) is 10.4. The van der Waals surface area contributed by atoms with Crippen LogP contribution in [0.15, 0.2) is 66.2 Å². The zero-order chi connectivity index (χ0) is 23.9. The van der Waals surface area contributed by atoms with Crippen LogP contribution >= 0.6 is 0 Å². The van der Waals surface area contributed by atoms with Gasteiger partial charge in [-0.25, -0.2) is 18.4 Å². The summed E-state index contributed by atoms with van der Waals surface area (Å²) in [5, 5.41) is 14.3. The summed E-state index contributed by atoms with van der Waals surface area (Å²) >= 11 is 0. The lowest BCUT2D eigenvalue weighted by atomic mass is 10.0. The van der Waals surface area contributed by atoms with Crippen molar-refractivity contribution >= 4 is 26.8 Å².